The second-order valence-electron chi connectivity index (χ2n) is 7.97. The van der Waals surface area contributed by atoms with Crippen molar-refractivity contribution in [3.8, 4) is 16.9 Å². The maximum absolute atomic E-state index is 12.8. The van der Waals surface area contributed by atoms with Crippen LogP contribution in [0.2, 0.25) is 0 Å². The molecule has 0 bridgehead atoms. The average Bonchev–Trinajstić information content (AvgIpc) is 3.24. The number of unbranched alkanes of at least 4 members (excludes halogenated alkanes) is 1. The maximum Gasteiger partial charge on any atom is 0.341 e. The van der Waals surface area contributed by atoms with Crippen LogP contribution in [0.15, 0.2) is 53.9 Å². The molecule has 0 radical (unpaired) electrons. The molecule has 1 N–H and O–H groups in total. The van der Waals surface area contributed by atoms with Crippen LogP contribution in [-0.2, 0) is 9.53 Å². The zero-order valence-electron chi connectivity index (χ0n) is 20.1. The first-order valence-corrected chi connectivity index (χ1v) is 12.4. The molecule has 0 saturated heterocycles. The Balaban J connectivity index is 1.76. The number of amides is 1. The molecular weight excluding hydrogens is 446 g/mol. The number of anilines is 1. The summed E-state index contributed by atoms with van der Waals surface area (Å²) in [6.07, 6.45) is 5.29. The summed E-state index contributed by atoms with van der Waals surface area (Å²) in [4.78, 5) is 25.4. The molecule has 34 heavy (non-hydrogen) atoms. The third-order valence-electron chi connectivity index (χ3n) is 5.40. The molecular formula is C28H31NO4S. The topological polar surface area (TPSA) is 64.6 Å². The fraction of sp³-hybridized carbons (Fsp3) is 0.286. The highest BCUT2D eigenvalue weighted by Crippen LogP contribution is 2.37. The van der Waals surface area contributed by atoms with E-state index in [1.165, 1.54) is 23.0 Å². The number of carbonyl (C=O) groups is 2. The van der Waals surface area contributed by atoms with Gasteiger partial charge in [0.25, 0.3) is 0 Å². The molecule has 0 aliphatic rings. The Kier molecular flexibility index (Phi) is 9.05. The van der Waals surface area contributed by atoms with Crippen molar-refractivity contribution < 1.29 is 19.1 Å². The monoisotopic (exact) mass is 477 g/mol. The van der Waals surface area contributed by atoms with Gasteiger partial charge in [0.05, 0.1) is 13.2 Å². The Bertz CT molecular complexity index is 1160. The first kappa shape index (κ1) is 25.2. The maximum atomic E-state index is 12.8. The molecule has 0 fully saturated rings. The van der Waals surface area contributed by atoms with Crippen LogP contribution in [0.3, 0.4) is 0 Å². The number of carbonyl (C=O) groups excluding carboxylic acids is 2. The molecule has 1 heterocycles. The van der Waals surface area contributed by atoms with Crippen molar-refractivity contribution in [1.29, 1.82) is 0 Å². The number of aryl methyl sites for hydroxylation is 2. The first-order chi connectivity index (χ1) is 16.4. The predicted octanol–water partition coefficient (Wildman–Crippen LogP) is 7.04. The summed E-state index contributed by atoms with van der Waals surface area (Å²) in [5.41, 5.74) is 5.24. The summed E-state index contributed by atoms with van der Waals surface area (Å²) in [5.74, 6) is 0.0452. The van der Waals surface area contributed by atoms with Gasteiger partial charge in [-0.15, -0.1) is 11.3 Å². The lowest BCUT2D eigenvalue weighted by molar-refractivity contribution is -0.111. The fourth-order valence-corrected chi connectivity index (χ4v) is 4.27. The summed E-state index contributed by atoms with van der Waals surface area (Å²) in [6, 6.07) is 13.6. The molecule has 5 nitrogen and oxygen atoms in total. The van der Waals surface area contributed by atoms with Gasteiger partial charge in [-0.3, -0.25) is 4.79 Å². The second-order valence-corrected chi connectivity index (χ2v) is 8.85. The second kappa shape index (κ2) is 12.2. The number of nitrogens with one attached hydrogen (secondary N) is 1. The van der Waals surface area contributed by atoms with Crippen molar-refractivity contribution in [2.75, 3.05) is 18.5 Å². The van der Waals surface area contributed by atoms with Crippen LogP contribution in [0.4, 0.5) is 5.00 Å². The van der Waals surface area contributed by atoms with Gasteiger partial charge in [0, 0.05) is 17.0 Å². The molecule has 0 saturated carbocycles. The Morgan fingerprint density at radius 1 is 1.03 bits per heavy atom. The van der Waals surface area contributed by atoms with Crippen molar-refractivity contribution in [2.45, 2.75) is 40.5 Å². The van der Waals surface area contributed by atoms with E-state index in [2.05, 4.69) is 12.2 Å². The van der Waals surface area contributed by atoms with E-state index < -0.39 is 5.97 Å². The van der Waals surface area contributed by atoms with Crippen molar-refractivity contribution in [3.63, 3.8) is 0 Å². The molecule has 2 aromatic carbocycles. The molecule has 0 atom stereocenters. The van der Waals surface area contributed by atoms with Crippen molar-refractivity contribution in [2.24, 2.45) is 0 Å². The van der Waals surface area contributed by atoms with E-state index in [0.29, 0.717) is 17.2 Å². The molecule has 3 aromatic rings. The third-order valence-corrected chi connectivity index (χ3v) is 6.29. The molecule has 178 valence electrons. The van der Waals surface area contributed by atoms with E-state index in [1.54, 1.807) is 13.0 Å². The summed E-state index contributed by atoms with van der Waals surface area (Å²) < 4.78 is 11.0. The van der Waals surface area contributed by atoms with Crippen molar-refractivity contribution in [1.82, 2.24) is 0 Å². The van der Waals surface area contributed by atoms with Gasteiger partial charge >= 0.3 is 5.97 Å². The number of hydrogen-bond donors (Lipinski definition) is 1. The highest BCUT2D eigenvalue weighted by atomic mass is 32.1. The van der Waals surface area contributed by atoms with E-state index in [0.717, 1.165) is 40.8 Å². The Morgan fingerprint density at radius 2 is 1.79 bits per heavy atom. The van der Waals surface area contributed by atoms with Crippen LogP contribution >= 0.6 is 11.3 Å². The van der Waals surface area contributed by atoms with E-state index in [9.17, 15) is 9.59 Å². The normalized spacial score (nSPS) is 10.9. The highest BCUT2D eigenvalue weighted by Gasteiger charge is 2.22. The molecule has 1 amide bonds. The van der Waals surface area contributed by atoms with Crippen LogP contribution in [0, 0.1) is 13.8 Å². The van der Waals surface area contributed by atoms with Crippen molar-refractivity contribution in [3.05, 3.63) is 76.2 Å². The largest absolute Gasteiger partial charge is 0.494 e. The molecule has 0 aliphatic carbocycles. The van der Waals surface area contributed by atoms with Crippen molar-refractivity contribution >= 4 is 34.3 Å². The number of ether oxygens (including phenoxy) is 2. The summed E-state index contributed by atoms with van der Waals surface area (Å²) in [5, 5.41) is 5.20. The summed E-state index contributed by atoms with van der Waals surface area (Å²) in [7, 11) is 0. The standard InChI is InChI=1S/C28H31NO4S/c1-5-7-16-33-23-13-9-21(10-14-23)11-15-25(30)29-27-26(28(31)32-6-2)24(18-34-27)22-12-8-19(3)20(4)17-22/h8-15,17-18H,5-7,16H2,1-4H3,(H,29,30). The third kappa shape index (κ3) is 6.58. The van der Waals surface area contributed by atoms with Gasteiger partial charge in [0.1, 0.15) is 16.3 Å². The minimum absolute atomic E-state index is 0.256. The zero-order chi connectivity index (χ0) is 24.5. The molecule has 1 aromatic heterocycles. The number of benzene rings is 2. The van der Waals surface area contributed by atoms with Gasteiger partial charge in [-0.1, -0.05) is 43.7 Å². The van der Waals surface area contributed by atoms with Gasteiger partial charge in [-0.25, -0.2) is 4.79 Å². The molecule has 6 heteroatoms. The van der Waals surface area contributed by atoms with Gasteiger partial charge < -0.3 is 14.8 Å². The first-order valence-electron chi connectivity index (χ1n) is 11.5. The van der Waals surface area contributed by atoms with Gasteiger partial charge in [-0.05, 0) is 67.7 Å². The van der Waals surface area contributed by atoms with Crippen LogP contribution in [0.1, 0.15) is 53.7 Å². The highest BCUT2D eigenvalue weighted by molar-refractivity contribution is 7.15. The molecule has 3 rings (SSSR count). The molecule has 0 unspecified atom stereocenters. The van der Waals surface area contributed by atoms with Gasteiger partial charge in [0.2, 0.25) is 5.91 Å². The van der Waals surface area contributed by atoms with Crippen LogP contribution < -0.4 is 10.1 Å². The fourth-order valence-electron chi connectivity index (χ4n) is 3.31. The Hall–Kier alpha value is -3.38. The van der Waals surface area contributed by atoms with Crippen LogP contribution in [-0.4, -0.2) is 25.1 Å². The molecule has 0 spiro atoms. The van der Waals surface area contributed by atoms with Gasteiger partial charge in [0.15, 0.2) is 0 Å². The zero-order valence-corrected chi connectivity index (χ0v) is 21.0. The lowest BCUT2D eigenvalue weighted by Crippen LogP contribution is -2.12. The average molecular weight is 478 g/mol. The quantitative estimate of drug-likeness (QED) is 0.193. The number of hydrogen-bond acceptors (Lipinski definition) is 5. The van der Waals surface area contributed by atoms with E-state index in [-0.39, 0.29) is 12.5 Å². The van der Waals surface area contributed by atoms with E-state index in [1.807, 2.05) is 61.7 Å². The van der Waals surface area contributed by atoms with E-state index >= 15 is 0 Å². The lowest BCUT2D eigenvalue weighted by atomic mass is 9.99. The summed E-state index contributed by atoms with van der Waals surface area (Å²) in [6.45, 7) is 8.92. The van der Waals surface area contributed by atoms with Crippen LogP contribution in [0.5, 0.6) is 5.75 Å². The number of thiophene rings is 1. The Labute approximate surface area is 205 Å². The molecule has 0 aliphatic heterocycles. The predicted molar refractivity (Wildman–Crippen MR) is 140 cm³/mol. The van der Waals surface area contributed by atoms with E-state index in [4.69, 9.17) is 9.47 Å². The Morgan fingerprint density at radius 3 is 2.47 bits per heavy atom. The number of rotatable bonds is 10. The minimum Gasteiger partial charge on any atom is -0.494 e. The lowest BCUT2D eigenvalue weighted by Gasteiger charge is -2.09. The minimum atomic E-state index is -0.449. The SMILES string of the molecule is CCCCOc1ccc(C=CC(=O)Nc2scc(-c3ccc(C)c(C)c3)c2C(=O)OCC)cc1. The van der Waals surface area contributed by atoms with Crippen LogP contribution in [0.25, 0.3) is 17.2 Å². The number of esters is 1. The summed E-state index contributed by atoms with van der Waals surface area (Å²) >= 11 is 1.31. The van der Waals surface area contributed by atoms with Gasteiger partial charge in [-0.2, -0.15) is 0 Å². The smallest absolute Gasteiger partial charge is 0.341 e.